The van der Waals surface area contributed by atoms with E-state index in [0.29, 0.717) is 16.8 Å². The van der Waals surface area contributed by atoms with Crippen LogP contribution in [-0.2, 0) is 0 Å². The van der Waals surface area contributed by atoms with Crippen molar-refractivity contribution in [1.29, 1.82) is 0 Å². The fraction of sp³-hybridized carbons (Fsp3) is 0.600. The highest BCUT2D eigenvalue weighted by molar-refractivity contribution is 9.10. The third kappa shape index (κ3) is 2.44. The number of aromatic nitrogens is 2. The van der Waals surface area contributed by atoms with Crippen LogP contribution in [0.1, 0.15) is 25.7 Å². The second-order valence-electron chi connectivity index (χ2n) is 4.18. The van der Waals surface area contributed by atoms with Crippen LogP contribution in [0.4, 0.5) is 5.82 Å². The Bertz CT molecular complexity index is 426. The summed E-state index contributed by atoms with van der Waals surface area (Å²) in [5.74, 6) is 0.476. The van der Waals surface area contributed by atoms with Gasteiger partial charge in [0, 0.05) is 6.54 Å². The van der Waals surface area contributed by atoms with E-state index in [1.807, 2.05) is 0 Å². The van der Waals surface area contributed by atoms with Crippen LogP contribution in [0.5, 0.6) is 0 Å². The lowest BCUT2D eigenvalue weighted by Gasteiger charge is -2.22. The lowest BCUT2D eigenvalue weighted by molar-refractivity contribution is 0.0613. The maximum absolute atomic E-state index is 11.3. The molecule has 6 heteroatoms. The van der Waals surface area contributed by atoms with Gasteiger partial charge in [0.05, 0.1) is 11.9 Å². The first-order valence-corrected chi connectivity index (χ1v) is 6.09. The van der Waals surface area contributed by atoms with Crippen molar-refractivity contribution in [2.45, 2.75) is 31.3 Å². The normalized spacial score (nSPS) is 18.6. The van der Waals surface area contributed by atoms with Gasteiger partial charge in [-0.2, -0.15) is 0 Å². The van der Waals surface area contributed by atoms with E-state index in [-0.39, 0.29) is 5.56 Å². The molecule has 0 atom stereocenters. The molecule has 0 spiro atoms. The molecule has 1 aliphatic carbocycles. The number of nitrogens with one attached hydrogen (secondary N) is 2. The Labute approximate surface area is 101 Å². The molecule has 0 bridgehead atoms. The molecule has 1 aromatic rings. The summed E-state index contributed by atoms with van der Waals surface area (Å²) in [5, 5.41) is 13.1. The third-order valence-corrected chi connectivity index (χ3v) is 3.65. The van der Waals surface area contributed by atoms with E-state index in [2.05, 4.69) is 31.2 Å². The van der Waals surface area contributed by atoms with Gasteiger partial charge in [0.25, 0.3) is 5.56 Å². The van der Waals surface area contributed by atoms with E-state index >= 15 is 0 Å². The summed E-state index contributed by atoms with van der Waals surface area (Å²) in [4.78, 5) is 17.7. The Morgan fingerprint density at radius 1 is 1.56 bits per heavy atom. The van der Waals surface area contributed by atoms with Gasteiger partial charge < -0.3 is 15.4 Å². The number of anilines is 1. The number of H-pyrrole nitrogens is 1. The number of hydrogen-bond acceptors (Lipinski definition) is 4. The Balaban J connectivity index is 2.04. The highest BCUT2D eigenvalue weighted by atomic mass is 79.9. The topological polar surface area (TPSA) is 78.0 Å². The molecular formula is C10H14BrN3O2. The predicted molar refractivity (Wildman–Crippen MR) is 64.5 cm³/mol. The van der Waals surface area contributed by atoms with Crippen molar-refractivity contribution in [3.63, 3.8) is 0 Å². The average Bonchev–Trinajstić information content (AvgIpc) is 2.68. The van der Waals surface area contributed by atoms with Crippen molar-refractivity contribution in [3.05, 3.63) is 21.2 Å². The van der Waals surface area contributed by atoms with Crippen molar-refractivity contribution in [3.8, 4) is 0 Å². The van der Waals surface area contributed by atoms with Crippen molar-refractivity contribution >= 4 is 21.7 Å². The summed E-state index contributed by atoms with van der Waals surface area (Å²) in [7, 11) is 0. The molecule has 1 aromatic heterocycles. The van der Waals surface area contributed by atoms with Crippen molar-refractivity contribution in [2.75, 3.05) is 11.9 Å². The summed E-state index contributed by atoms with van der Waals surface area (Å²) in [6, 6.07) is 0. The lowest BCUT2D eigenvalue weighted by atomic mass is 10.0. The van der Waals surface area contributed by atoms with Crippen LogP contribution in [0.15, 0.2) is 15.6 Å². The monoisotopic (exact) mass is 287 g/mol. The number of hydrogen-bond donors (Lipinski definition) is 3. The Morgan fingerprint density at radius 2 is 2.25 bits per heavy atom. The molecule has 1 saturated carbocycles. The largest absolute Gasteiger partial charge is 0.388 e. The van der Waals surface area contributed by atoms with Crippen molar-refractivity contribution in [1.82, 2.24) is 9.97 Å². The van der Waals surface area contributed by atoms with E-state index in [1.54, 1.807) is 0 Å². The molecule has 0 radical (unpaired) electrons. The quantitative estimate of drug-likeness (QED) is 0.782. The Kier molecular flexibility index (Phi) is 3.30. The molecule has 0 amide bonds. The number of halogens is 1. The van der Waals surface area contributed by atoms with Crippen LogP contribution in [0.25, 0.3) is 0 Å². The number of rotatable bonds is 3. The minimum Gasteiger partial charge on any atom is -0.388 e. The zero-order valence-corrected chi connectivity index (χ0v) is 10.4. The van der Waals surface area contributed by atoms with Gasteiger partial charge in [0.15, 0.2) is 0 Å². The smallest absolute Gasteiger partial charge is 0.267 e. The van der Waals surface area contributed by atoms with Crippen molar-refractivity contribution < 1.29 is 5.11 Å². The molecule has 5 nitrogen and oxygen atoms in total. The maximum atomic E-state index is 11.3. The average molecular weight is 288 g/mol. The zero-order chi connectivity index (χ0) is 11.6. The summed E-state index contributed by atoms with van der Waals surface area (Å²) in [5.41, 5.74) is -0.875. The zero-order valence-electron chi connectivity index (χ0n) is 8.79. The van der Waals surface area contributed by atoms with E-state index in [4.69, 9.17) is 0 Å². The first-order valence-electron chi connectivity index (χ1n) is 5.30. The van der Waals surface area contributed by atoms with Gasteiger partial charge >= 0.3 is 0 Å². The van der Waals surface area contributed by atoms with Gasteiger partial charge in [-0.05, 0) is 28.8 Å². The molecule has 1 heterocycles. The van der Waals surface area contributed by atoms with Crippen LogP contribution >= 0.6 is 15.9 Å². The SMILES string of the molecule is O=c1[nH]cnc(NCC2(O)CCCC2)c1Br. The Morgan fingerprint density at radius 3 is 2.94 bits per heavy atom. The molecule has 0 saturated heterocycles. The molecule has 3 N–H and O–H groups in total. The predicted octanol–water partition coefficient (Wildman–Crippen LogP) is 1.25. The van der Waals surface area contributed by atoms with Gasteiger partial charge in [-0.1, -0.05) is 12.8 Å². The third-order valence-electron chi connectivity index (χ3n) is 2.92. The molecule has 0 unspecified atom stereocenters. The lowest BCUT2D eigenvalue weighted by Crippen LogP contribution is -2.34. The highest BCUT2D eigenvalue weighted by Crippen LogP contribution is 2.29. The molecule has 88 valence electrons. The summed E-state index contributed by atoms with van der Waals surface area (Å²) < 4.78 is 0.372. The number of nitrogens with zero attached hydrogens (tertiary/aromatic N) is 1. The number of aliphatic hydroxyl groups is 1. The van der Waals surface area contributed by atoms with Crippen LogP contribution in [0.2, 0.25) is 0 Å². The number of aromatic amines is 1. The molecule has 2 rings (SSSR count). The second kappa shape index (κ2) is 4.55. The summed E-state index contributed by atoms with van der Waals surface area (Å²) in [6.07, 6.45) is 5.07. The first-order chi connectivity index (χ1) is 7.61. The van der Waals surface area contributed by atoms with E-state index in [1.165, 1.54) is 6.33 Å². The van der Waals surface area contributed by atoms with E-state index in [0.717, 1.165) is 25.7 Å². The standard InChI is InChI=1S/C10H14BrN3O2/c11-7-8(13-6-14-9(7)15)12-5-10(16)3-1-2-4-10/h6,16H,1-5H2,(H2,12,13,14,15). The van der Waals surface area contributed by atoms with Gasteiger partial charge in [-0.25, -0.2) is 4.98 Å². The molecule has 1 aliphatic rings. The van der Waals surface area contributed by atoms with Crippen molar-refractivity contribution in [2.24, 2.45) is 0 Å². The molecule has 1 fully saturated rings. The minimum atomic E-state index is -0.649. The second-order valence-corrected chi connectivity index (χ2v) is 4.97. The highest BCUT2D eigenvalue weighted by Gasteiger charge is 2.30. The summed E-state index contributed by atoms with van der Waals surface area (Å²) in [6.45, 7) is 0.433. The van der Waals surface area contributed by atoms with Gasteiger partial charge in [-0.15, -0.1) is 0 Å². The van der Waals surface area contributed by atoms with Crippen LogP contribution in [-0.4, -0.2) is 27.2 Å². The van der Waals surface area contributed by atoms with Crippen LogP contribution in [0.3, 0.4) is 0 Å². The van der Waals surface area contributed by atoms with Gasteiger partial charge in [0.1, 0.15) is 10.3 Å². The van der Waals surface area contributed by atoms with E-state index in [9.17, 15) is 9.90 Å². The molecule has 0 aromatic carbocycles. The summed E-state index contributed by atoms with van der Waals surface area (Å²) >= 11 is 3.16. The minimum absolute atomic E-state index is 0.226. The maximum Gasteiger partial charge on any atom is 0.267 e. The molecular weight excluding hydrogens is 274 g/mol. The van der Waals surface area contributed by atoms with Gasteiger partial charge in [-0.3, -0.25) is 4.79 Å². The van der Waals surface area contributed by atoms with Crippen LogP contribution < -0.4 is 10.9 Å². The first kappa shape index (κ1) is 11.6. The molecule has 16 heavy (non-hydrogen) atoms. The fourth-order valence-electron chi connectivity index (χ4n) is 1.96. The van der Waals surface area contributed by atoms with Crippen LogP contribution in [0, 0.1) is 0 Å². The van der Waals surface area contributed by atoms with Gasteiger partial charge in [0.2, 0.25) is 0 Å². The fourth-order valence-corrected chi connectivity index (χ4v) is 2.32. The van der Waals surface area contributed by atoms with E-state index < -0.39 is 5.60 Å². The molecule has 0 aliphatic heterocycles. The Hall–Kier alpha value is -0.880.